The van der Waals surface area contributed by atoms with Crippen LogP contribution in [-0.4, -0.2) is 35.8 Å². The second-order valence-corrected chi connectivity index (χ2v) is 7.10. The minimum atomic E-state index is -0.413. The average molecular weight is 332 g/mol. The molecule has 0 radical (unpaired) electrons. The standard InChI is InChI=1S/C19H25FN2O2/c1-2-10-22-11-9-19(18(22)24)8-4-7-16(13-19)21-17(23)14-5-3-6-15(20)12-14/h3,5-6,12,16H,2,4,7-11,13H2,1H3,(H,21,23). The van der Waals surface area contributed by atoms with Gasteiger partial charge in [-0.15, -0.1) is 0 Å². The quantitative estimate of drug-likeness (QED) is 0.921. The predicted molar refractivity (Wildman–Crippen MR) is 90.0 cm³/mol. The largest absolute Gasteiger partial charge is 0.349 e. The van der Waals surface area contributed by atoms with Crippen LogP contribution in [-0.2, 0) is 4.79 Å². The molecule has 3 rings (SSSR count). The molecule has 1 saturated carbocycles. The smallest absolute Gasteiger partial charge is 0.251 e. The van der Waals surface area contributed by atoms with Crippen LogP contribution in [0.4, 0.5) is 4.39 Å². The first kappa shape index (κ1) is 16.9. The van der Waals surface area contributed by atoms with Gasteiger partial charge in [0.1, 0.15) is 5.82 Å². The van der Waals surface area contributed by atoms with Gasteiger partial charge >= 0.3 is 0 Å². The molecule has 4 nitrogen and oxygen atoms in total. The molecule has 1 aliphatic heterocycles. The Balaban J connectivity index is 1.66. The number of nitrogens with one attached hydrogen (secondary N) is 1. The molecule has 1 aromatic rings. The summed E-state index contributed by atoms with van der Waals surface area (Å²) in [6.07, 6.45) is 5.30. The van der Waals surface area contributed by atoms with Crippen LogP contribution in [0, 0.1) is 11.2 Å². The molecule has 5 heteroatoms. The van der Waals surface area contributed by atoms with Crippen molar-refractivity contribution < 1.29 is 14.0 Å². The number of carbonyl (C=O) groups is 2. The fraction of sp³-hybridized carbons (Fsp3) is 0.579. The summed E-state index contributed by atoms with van der Waals surface area (Å²) in [5.74, 6) is -0.412. The number of rotatable bonds is 4. The minimum absolute atomic E-state index is 0.0138. The molecule has 1 N–H and O–H groups in total. The fourth-order valence-electron chi connectivity index (χ4n) is 4.18. The Hall–Kier alpha value is -1.91. The SMILES string of the molecule is CCCN1CCC2(CCCC(NC(=O)c3cccc(F)c3)C2)C1=O. The summed E-state index contributed by atoms with van der Waals surface area (Å²) in [5, 5.41) is 3.00. The number of hydrogen-bond donors (Lipinski definition) is 1. The maximum atomic E-state index is 13.3. The zero-order chi connectivity index (χ0) is 17.2. The summed E-state index contributed by atoms with van der Waals surface area (Å²) in [4.78, 5) is 27.1. The van der Waals surface area contributed by atoms with Crippen molar-refractivity contribution in [3.05, 3.63) is 35.6 Å². The van der Waals surface area contributed by atoms with E-state index < -0.39 is 5.82 Å². The van der Waals surface area contributed by atoms with Gasteiger partial charge in [-0.25, -0.2) is 4.39 Å². The van der Waals surface area contributed by atoms with E-state index in [1.165, 1.54) is 18.2 Å². The number of benzene rings is 1. The summed E-state index contributed by atoms with van der Waals surface area (Å²) in [6.45, 7) is 3.74. The molecular weight excluding hydrogens is 307 g/mol. The van der Waals surface area contributed by atoms with Crippen molar-refractivity contribution in [1.82, 2.24) is 10.2 Å². The normalized spacial score (nSPS) is 26.8. The molecule has 1 aliphatic carbocycles. The van der Waals surface area contributed by atoms with E-state index in [1.54, 1.807) is 6.07 Å². The van der Waals surface area contributed by atoms with Crippen molar-refractivity contribution >= 4 is 11.8 Å². The lowest BCUT2D eigenvalue weighted by atomic mass is 9.71. The monoisotopic (exact) mass is 332 g/mol. The molecule has 0 bridgehead atoms. The van der Waals surface area contributed by atoms with E-state index in [1.807, 2.05) is 4.90 Å². The highest BCUT2D eigenvalue weighted by molar-refractivity contribution is 5.94. The minimum Gasteiger partial charge on any atom is -0.349 e. The van der Waals surface area contributed by atoms with Gasteiger partial charge in [-0.1, -0.05) is 19.4 Å². The molecule has 2 fully saturated rings. The van der Waals surface area contributed by atoms with Gasteiger partial charge in [-0.05, 0) is 50.3 Å². The molecule has 1 aromatic carbocycles. The van der Waals surface area contributed by atoms with E-state index in [0.717, 1.165) is 45.2 Å². The molecule has 130 valence electrons. The lowest BCUT2D eigenvalue weighted by Crippen LogP contribution is -2.46. The molecule has 2 atom stereocenters. The van der Waals surface area contributed by atoms with Crippen LogP contribution in [0.3, 0.4) is 0 Å². The van der Waals surface area contributed by atoms with E-state index in [0.29, 0.717) is 12.0 Å². The molecule has 1 saturated heterocycles. The van der Waals surface area contributed by atoms with Gasteiger partial charge in [-0.2, -0.15) is 0 Å². The summed E-state index contributed by atoms with van der Waals surface area (Å²) >= 11 is 0. The van der Waals surface area contributed by atoms with Gasteiger partial charge in [0.15, 0.2) is 0 Å². The van der Waals surface area contributed by atoms with Gasteiger partial charge in [0, 0.05) is 24.7 Å². The Labute approximate surface area is 142 Å². The second-order valence-electron chi connectivity index (χ2n) is 7.10. The lowest BCUT2D eigenvalue weighted by Gasteiger charge is -2.37. The van der Waals surface area contributed by atoms with Crippen molar-refractivity contribution in [2.75, 3.05) is 13.1 Å². The average Bonchev–Trinajstić information content (AvgIpc) is 2.85. The maximum Gasteiger partial charge on any atom is 0.251 e. The topological polar surface area (TPSA) is 49.4 Å². The first-order valence-electron chi connectivity index (χ1n) is 8.90. The number of nitrogens with zero attached hydrogens (tertiary/aromatic N) is 1. The van der Waals surface area contributed by atoms with Crippen molar-refractivity contribution in [2.24, 2.45) is 5.41 Å². The maximum absolute atomic E-state index is 13.3. The van der Waals surface area contributed by atoms with E-state index in [-0.39, 0.29) is 23.3 Å². The Morgan fingerprint density at radius 2 is 2.25 bits per heavy atom. The zero-order valence-corrected chi connectivity index (χ0v) is 14.2. The van der Waals surface area contributed by atoms with Crippen molar-refractivity contribution in [3.8, 4) is 0 Å². The highest BCUT2D eigenvalue weighted by Crippen LogP contribution is 2.44. The summed E-state index contributed by atoms with van der Waals surface area (Å²) < 4.78 is 13.3. The van der Waals surface area contributed by atoms with E-state index in [4.69, 9.17) is 0 Å². The summed E-state index contributed by atoms with van der Waals surface area (Å²) in [5.41, 5.74) is 0.0350. The molecule has 24 heavy (non-hydrogen) atoms. The highest BCUT2D eigenvalue weighted by Gasteiger charge is 2.48. The Kier molecular flexibility index (Phi) is 4.88. The Morgan fingerprint density at radius 1 is 1.42 bits per heavy atom. The van der Waals surface area contributed by atoms with Gasteiger partial charge in [0.2, 0.25) is 5.91 Å². The second kappa shape index (κ2) is 6.91. The van der Waals surface area contributed by atoms with Crippen molar-refractivity contribution in [1.29, 1.82) is 0 Å². The number of hydrogen-bond acceptors (Lipinski definition) is 2. The lowest BCUT2D eigenvalue weighted by molar-refractivity contribution is -0.138. The van der Waals surface area contributed by atoms with Gasteiger partial charge in [0.05, 0.1) is 5.41 Å². The fourth-order valence-corrected chi connectivity index (χ4v) is 4.18. The van der Waals surface area contributed by atoms with Crippen LogP contribution in [0.1, 0.15) is 55.8 Å². The summed E-state index contributed by atoms with van der Waals surface area (Å²) in [6, 6.07) is 5.71. The molecule has 2 aliphatic rings. The zero-order valence-electron chi connectivity index (χ0n) is 14.2. The third-order valence-electron chi connectivity index (χ3n) is 5.36. The van der Waals surface area contributed by atoms with Crippen LogP contribution >= 0.6 is 0 Å². The van der Waals surface area contributed by atoms with Crippen LogP contribution in [0.15, 0.2) is 24.3 Å². The van der Waals surface area contributed by atoms with Gasteiger partial charge in [0.25, 0.3) is 5.91 Å². The number of likely N-dealkylation sites (tertiary alicyclic amines) is 1. The first-order chi connectivity index (χ1) is 11.5. The van der Waals surface area contributed by atoms with E-state index in [2.05, 4.69) is 12.2 Å². The molecule has 1 heterocycles. The van der Waals surface area contributed by atoms with E-state index in [9.17, 15) is 14.0 Å². The third kappa shape index (κ3) is 3.30. The van der Waals surface area contributed by atoms with Crippen LogP contribution in [0.25, 0.3) is 0 Å². The summed E-state index contributed by atoms with van der Waals surface area (Å²) in [7, 11) is 0. The Bertz CT molecular complexity index is 634. The molecule has 2 amide bonds. The van der Waals surface area contributed by atoms with Crippen LogP contribution < -0.4 is 5.32 Å². The number of carbonyl (C=O) groups excluding carboxylic acids is 2. The van der Waals surface area contributed by atoms with E-state index >= 15 is 0 Å². The number of amides is 2. The Morgan fingerprint density at radius 3 is 3.00 bits per heavy atom. The predicted octanol–water partition coefficient (Wildman–Crippen LogP) is 3.13. The number of halogens is 1. The molecule has 0 aromatic heterocycles. The van der Waals surface area contributed by atoms with Gasteiger partial charge in [-0.3, -0.25) is 9.59 Å². The van der Waals surface area contributed by atoms with Crippen LogP contribution in [0.5, 0.6) is 0 Å². The molecule has 2 unspecified atom stereocenters. The van der Waals surface area contributed by atoms with Crippen molar-refractivity contribution in [2.45, 2.75) is 51.5 Å². The highest BCUT2D eigenvalue weighted by atomic mass is 19.1. The molecular formula is C19H25FN2O2. The first-order valence-corrected chi connectivity index (χ1v) is 8.90. The third-order valence-corrected chi connectivity index (χ3v) is 5.36. The van der Waals surface area contributed by atoms with Gasteiger partial charge < -0.3 is 10.2 Å². The van der Waals surface area contributed by atoms with Crippen molar-refractivity contribution in [3.63, 3.8) is 0 Å². The van der Waals surface area contributed by atoms with Crippen LogP contribution in [0.2, 0.25) is 0 Å². The molecule has 1 spiro atoms.